The third-order valence-corrected chi connectivity index (χ3v) is 5.72. The van der Waals surface area contributed by atoms with Crippen molar-refractivity contribution in [3.63, 3.8) is 0 Å². The van der Waals surface area contributed by atoms with Gasteiger partial charge in [0.1, 0.15) is 5.78 Å². The molecule has 0 fully saturated rings. The first-order valence-corrected chi connectivity index (χ1v) is 10.8. The Bertz CT molecular complexity index is 288. The maximum atomic E-state index is 13.2. The van der Waals surface area contributed by atoms with Crippen molar-refractivity contribution in [1.29, 1.82) is 0 Å². The standard InChI is InChI=1S/C23H46O/c1-9-11-13-21(15-17(3)4)19(7)23(24)20(8)22(14-12-10-2)16-18(5)6/h17-22H,9-16H2,1-8H3. The molecule has 4 unspecified atom stereocenters. The summed E-state index contributed by atoms with van der Waals surface area (Å²) in [6.45, 7) is 18.1. The summed E-state index contributed by atoms with van der Waals surface area (Å²) in [5.74, 6) is 3.51. The fourth-order valence-electron chi connectivity index (χ4n) is 4.17. The van der Waals surface area contributed by atoms with Crippen LogP contribution in [0.25, 0.3) is 0 Å². The number of carbonyl (C=O) groups excluding carboxylic acids is 1. The Morgan fingerprint density at radius 3 is 1.25 bits per heavy atom. The highest BCUT2D eigenvalue weighted by Crippen LogP contribution is 2.33. The van der Waals surface area contributed by atoms with Crippen molar-refractivity contribution in [2.45, 2.75) is 107 Å². The average molecular weight is 339 g/mol. The molecule has 24 heavy (non-hydrogen) atoms. The van der Waals surface area contributed by atoms with Crippen LogP contribution in [0.15, 0.2) is 0 Å². The Kier molecular flexibility index (Phi) is 12.8. The highest BCUT2D eigenvalue weighted by Gasteiger charge is 2.31. The molecule has 144 valence electrons. The van der Waals surface area contributed by atoms with E-state index in [9.17, 15) is 4.79 Å². The molecule has 0 saturated carbocycles. The Hall–Kier alpha value is -0.330. The van der Waals surface area contributed by atoms with Gasteiger partial charge in [0.15, 0.2) is 0 Å². The molecule has 0 aromatic rings. The number of hydrogen-bond acceptors (Lipinski definition) is 1. The molecule has 0 heterocycles. The summed E-state index contributed by atoms with van der Waals surface area (Å²) in [5.41, 5.74) is 0. The van der Waals surface area contributed by atoms with Crippen LogP contribution in [0.4, 0.5) is 0 Å². The van der Waals surface area contributed by atoms with Crippen molar-refractivity contribution in [3.8, 4) is 0 Å². The van der Waals surface area contributed by atoms with Crippen LogP contribution < -0.4 is 0 Å². The number of unbranched alkanes of at least 4 members (excludes halogenated alkanes) is 2. The molecule has 1 heteroatoms. The maximum Gasteiger partial charge on any atom is 0.139 e. The molecule has 0 aliphatic carbocycles. The van der Waals surface area contributed by atoms with E-state index in [2.05, 4.69) is 55.4 Å². The van der Waals surface area contributed by atoms with E-state index in [0.29, 0.717) is 29.5 Å². The molecular weight excluding hydrogens is 292 g/mol. The molecule has 0 aliphatic rings. The van der Waals surface area contributed by atoms with Gasteiger partial charge in [-0.05, 0) is 49.4 Å². The van der Waals surface area contributed by atoms with Crippen molar-refractivity contribution in [2.24, 2.45) is 35.5 Å². The lowest BCUT2D eigenvalue weighted by molar-refractivity contribution is -0.129. The second-order valence-corrected chi connectivity index (χ2v) is 9.04. The number of rotatable bonds is 14. The zero-order valence-electron chi connectivity index (χ0n) is 18.0. The van der Waals surface area contributed by atoms with Gasteiger partial charge in [-0.2, -0.15) is 0 Å². The van der Waals surface area contributed by atoms with Crippen LogP contribution in [0.5, 0.6) is 0 Å². The Morgan fingerprint density at radius 1 is 0.667 bits per heavy atom. The SMILES string of the molecule is CCCCC(CC(C)C)C(C)C(=O)C(C)C(CCCC)CC(C)C. The molecule has 0 N–H and O–H groups in total. The lowest BCUT2D eigenvalue weighted by Gasteiger charge is -2.31. The first kappa shape index (κ1) is 23.7. The second kappa shape index (κ2) is 13.0. The van der Waals surface area contributed by atoms with Crippen molar-refractivity contribution in [1.82, 2.24) is 0 Å². The molecule has 0 bridgehead atoms. The van der Waals surface area contributed by atoms with Gasteiger partial charge in [0, 0.05) is 11.8 Å². The fourth-order valence-corrected chi connectivity index (χ4v) is 4.17. The Balaban J connectivity index is 4.98. The normalized spacial score (nSPS) is 17.1. The van der Waals surface area contributed by atoms with E-state index in [-0.39, 0.29) is 11.8 Å². The van der Waals surface area contributed by atoms with Crippen LogP contribution in [0.1, 0.15) is 107 Å². The number of ketones is 1. The van der Waals surface area contributed by atoms with Gasteiger partial charge in [-0.3, -0.25) is 4.79 Å². The first-order chi connectivity index (χ1) is 11.2. The van der Waals surface area contributed by atoms with Gasteiger partial charge in [-0.1, -0.05) is 81.1 Å². The van der Waals surface area contributed by atoms with Gasteiger partial charge in [0.2, 0.25) is 0 Å². The monoisotopic (exact) mass is 338 g/mol. The van der Waals surface area contributed by atoms with E-state index in [0.717, 1.165) is 0 Å². The predicted molar refractivity (Wildman–Crippen MR) is 108 cm³/mol. The van der Waals surface area contributed by atoms with Crippen molar-refractivity contribution in [2.75, 3.05) is 0 Å². The lowest BCUT2D eigenvalue weighted by atomic mass is 9.73. The Morgan fingerprint density at radius 2 is 1.00 bits per heavy atom. The van der Waals surface area contributed by atoms with Gasteiger partial charge in [0.05, 0.1) is 0 Å². The molecule has 0 aliphatic heterocycles. The molecule has 0 saturated heterocycles. The maximum absolute atomic E-state index is 13.2. The highest BCUT2D eigenvalue weighted by molar-refractivity contribution is 5.83. The molecule has 0 aromatic heterocycles. The predicted octanol–water partition coefficient (Wildman–Crippen LogP) is 7.53. The third kappa shape index (κ3) is 9.23. The smallest absolute Gasteiger partial charge is 0.139 e. The minimum atomic E-state index is 0.227. The molecule has 0 amide bonds. The van der Waals surface area contributed by atoms with Crippen LogP contribution >= 0.6 is 0 Å². The quantitative estimate of drug-likeness (QED) is 0.320. The summed E-state index contributed by atoms with van der Waals surface area (Å²) in [7, 11) is 0. The first-order valence-electron chi connectivity index (χ1n) is 10.8. The summed E-state index contributed by atoms with van der Waals surface area (Å²) in [6, 6.07) is 0. The molecule has 1 nitrogen and oxygen atoms in total. The minimum absolute atomic E-state index is 0.227. The highest BCUT2D eigenvalue weighted by atomic mass is 16.1. The van der Waals surface area contributed by atoms with Gasteiger partial charge >= 0.3 is 0 Å². The van der Waals surface area contributed by atoms with E-state index in [1.54, 1.807) is 0 Å². The van der Waals surface area contributed by atoms with Gasteiger partial charge < -0.3 is 0 Å². The summed E-state index contributed by atoms with van der Waals surface area (Å²) in [5, 5.41) is 0. The largest absolute Gasteiger partial charge is 0.299 e. The summed E-state index contributed by atoms with van der Waals surface area (Å²) in [4.78, 5) is 13.2. The molecule has 0 spiro atoms. The zero-order valence-corrected chi connectivity index (χ0v) is 18.0. The summed E-state index contributed by atoms with van der Waals surface area (Å²) in [6.07, 6.45) is 9.82. The minimum Gasteiger partial charge on any atom is -0.299 e. The van der Waals surface area contributed by atoms with Crippen molar-refractivity contribution >= 4 is 5.78 Å². The molecule has 4 atom stereocenters. The van der Waals surface area contributed by atoms with Crippen LogP contribution in [0.2, 0.25) is 0 Å². The van der Waals surface area contributed by atoms with E-state index < -0.39 is 0 Å². The van der Waals surface area contributed by atoms with Crippen molar-refractivity contribution < 1.29 is 4.79 Å². The van der Waals surface area contributed by atoms with Crippen LogP contribution in [0, 0.1) is 35.5 Å². The Labute approximate surface area is 153 Å². The van der Waals surface area contributed by atoms with Crippen LogP contribution in [-0.4, -0.2) is 5.78 Å². The fraction of sp³-hybridized carbons (Fsp3) is 0.957. The summed E-state index contributed by atoms with van der Waals surface area (Å²) < 4.78 is 0. The topological polar surface area (TPSA) is 17.1 Å². The number of Topliss-reactive ketones (excluding diaryl/α,β-unsaturated/α-hetero) is 1. The molecular formula is C23H46O. The third-order valence-electron chi connectivity index (χ3n) is 5.72. The number of hydrogen-bond donors (Lipinski definition) is 0. The van der Waals surface area contributed by atoms with Crippen LogP contribution in [0.3, 0.4) is 0 Å². The second-order valence-electron chi connectivity index (χ2n) is 9.04. The lowest BCUT2D eigenvalue weighted by Crippen LogP contribution is -2.31. The van der Waals surface area contributed by atoms with E-state index >= 15 is 0 Å². The van der Waals surface area contributed by atoms with Crippen molar-refractivity contribution in [3.05, 3.63) is 0 Å². The molecule has 0 radical (unpaired) electrons. The molecule has 0 rings (SSSR count). The van der Waals surface area contributed by atoms with Gasteiger partial charge in [-0.25, -0.2) is 0 Å². The van der Waals surface area contributed by atoms with Gasteiger partial charge in [-0.15, -0.1) is 0 Å². The van der Waals surface area contributed by atoms with Gasteiger partial charge in [0.25, 0.3) is 0 Å². The van der Waals surface area contributed by atoms with E-state index in [1.807, 2.05) is 0 Å². The summed E-state index contributed by atoms with van der Waals surface area (Å²) >= 11 is 0. The zero-order chi connectivity index (χ0) is 18.7. The van der Waals surface area contributed by atoms with E-state index in [1.165, 1.54) is 51.4 Å². The van der Waals surface area contributed by atoms with E-state index in [4.69, 9.17) is 0 Å². The molecule has 0 aromatic carbocycles. The number of carbonyl (C=O) groups is 1. The average Bonchev–Trinajstić information content (AvgIpc) is 2.52. The van der Waals surface area contributed by atoms with Crippen LogP contribution in [-0.2, 0) is 4.79 Å².